The Hall–Kier alpha value is -3.42. The molecular weight excluding hydrogens is 394 g/mol. The fourth-order valence-electron chi connectivity index (χ4n) is 3.64. The third-order valence-corrected chi connectivity index (χ3v) is 5.24. The Morgan fingerprint density at radius 2 is 1.97 bits per heavy atom. The molecule has 1 aliphatic rings. The molecule has 31 heavy (non-hydrogen) atoms. The van der Waals surface area contributed by atoms with Crippen LogP contribution < -0.4 is 14.4 Å². The van der Waals surface area contributed by atoms with Gasteiger partial charge in [-0.15, -0.1) is 0 Å². The Balaban J connectivity index is 1.69. The first-order chi connectivity index (χ1) is 14.7. The predicted molar refractivity (Wildman–Crippen MR) is 118 cm³/mol. The van der Waals surface area contributed by atoms with Crippen molar-refractivity contribution in [2.24, 2.45) is 0 Å². The molecule has 0 fully saturated rings. The molecule has 0 unspecified atom stereocenters. The Kier molecular flexibility index (Phi) is 5.16. The smallest absolute Gasteiger partial charge is 0.260 e. The Morgan fingerprint density at radius 3 is 2.61 bits per heavy atom. The molecule has 0 saturated carbocycles. The van der Waals surface area contributed by atoms with E-state index in [9.17, 15) is 4.79 Å². The van der Waals surface area contributed by atoms with Gasteiger partial charge in [0.2, 0.25) is 0 Å². The predicted octanol–water partition coefficient (Wildman–Crippen LogP) is 3.97. The number of aryl methyl sites for hydroxylation is 1. The molecular formula is C23H27N5O3. The van der Waals surface area contributed by atoms with E-state index in [4.69, 9.17) is 14.5 Å². The highest BCUT2D eigenvalue weighted by Gasteiger charge is 2.33. The normalized spacial score (nSPS) is 13.5. The fourth-order valence-corrected chi connectivity index (χ4v) is 3.64. The van der Waals surface area contributed by atoms with Gasteiger partial charge in [-0.25, -0.2) is 4.98 Å². The lowest BCUT2D eigenvalue weighted by Crippen LogP contribution is -2.24. The number of carbonyl (C=O) groups excluding carboxylic acids is 1. The van der Waals surface area contributed by atoms with E-state index in [-0.39, 0.29) is 11.4 Å². The molecule has 0 bridgehead atoms. The van der Waals surface area contributed by atoms with Crippen LogP contribution in [0.15, 0.2) is 30.7 Å². The van der Waals surface area contributed by atoms with Crippen LogP contribution in [0.25, 0.3) is 11.3 Å². The maximum Gasteiger partial charge on any atom is 0.260 e. The average molecular weight is 422 g/mol. The number of hydrogen-bond acceptors (Lipinski definition) is 6. The summed E-state index contributed by atoms with van der Waals surface area (Å²) in [6.45, 7) is 10.9. The van der Waals surface area contributed by atoms with Crippen molar-refractivity contribution < 1.29 is 14.3 Å². The van der Waals surface area contributed by atoms with Crippen molar-refractivity contribution >= 4 is 11.6 Å². The van der Waals surface area contributed by atoms with Gasteiger partial charge < -0.3 is 9.47 Å². The van der Waals surface area contributed by atoms with E-state index < -0.39 is 0 Å². The summed E-state index contributed by atoms with van der Waals surface area (Å²) in [5.41, 5.74) is 4.43. The number of aromatic nitrogens is 4. The molecule has 8 nitrogen and oxygen atoms in total. The van der Waals surface area contributed by atoms with Crippen molar-refractivity contribution in [3.05, 3.63) is 47.5 Å². The number of methoxy groups -OCH3 is 1. The highest BCUT2D eigenvalue weighted by atomic mass is 16.5. The summed E-state index contributed by atoms with van der Waals surface area (Å²) in [7, 11) is 1.58. The second kappa shape index (κ2) is 7.68. The summed E-state index contributed by atoms with van der Waals surface area (Å²) in [6, 6.07) is 3.77. The topological polar surface area (TPSA) is 82.4 Å². The Bertz CT molecular complexity index is 1150. The summed E-state index contributed by atoms with van der Waals surface area (Å²) < 4.78 is 12.8. The summed E-state index contributed by atoms with van der Waals surface area (Å²) in [5.74, 6) is 0.942. The standard InChI is InChI=1S/C23H27N5O3/c1-7-31-21-19(30-6)9-15(10-24-21)17-8-14(2)20-18(26-17)13-27(22(20)29)16-11-25-28(12-16)23(3,4)5/h8-12H,7,13H2,1-6H3. The minimum Gasteiger partial charge on any atom is -0.491 e. The molecule has 8 heteroatoms. The molecule has 3 aromatic heterocycles. The summed E-state index contributed by atoms with van der Waals surface area (Å²) in [6.07, 6.45) is 5.34. The first-order valence-electron chi connectivity index (χ1n) is 10.3. The molecule has 0 radical (unpaired) electrons. The van der Waals surface area contributed by atoms with Gasteiger partial charge in [-0.2, -0.15) is 5.10 Å². The van der Waals surface area contributed by atoms with Gasteiger partial charge in [-0.1, -0.05) is 0 Å². The molecule has 1 amide bonds. The molecule has 3 aromatic rings. The molecule has 0 aromatic carbocycles. The number of ether oxygens (including phenoxy) is 2. The highest BCUT2D eigenvalue weighted by Crippen LogP contribution is 2.34. The van der Waals surface area contributed by atoms with E-state index in [1.165, 1.54) is 0 Å². The molecule has 0 atom stereocenters. The lowest BCUT2D eigenvalue weighted by atomic mass is 10.1. The average Bonchev–Trinajstić information content (AvgIpc) is 3.33. The van der Waals surface area contributed by atoms with E-state index in [0.29, 0.717) is 30.3 Å². The third kappa shape index (κ3) is 3.73. The second-order valence-electron chi connectivity index (χ2n) is 8.52. The molecule has 1 aliphatic heterocycles. The molecule has 0 saturated heterocycles. The van der Waals surface area contributed by atoms with Crippen LogP contribution in [-0.4, -0.2) is 39.4 Å². The third-order valence-electron chi connectivity index (χ3n) is 5.24. The van der Waals surface area contributed by atoms with Gasteiger partial charge >= 0.3 is 0 Å². The van der Waals surface area contributed by atoms with Crippen LogP contribution in [0.3, 0.4) is 0 Å². The van der Waals surface area contributed by atoms with Crippen LogP contribution in [-0.2, 0) is 12.1 Å². The summed E-state index contributed by atoms with van der Waals surface area (Å²) in [5, 5.41) is 4.43. The Labute approximate surface area is 181 Å². The van der Waals surface area contributed by atoms with E-state index >= 15 is 0 Å². The van der Waals surface area contributed by atoms with Gasteiger partial charge in [0.25, 0.3) is 11.8 Å². The minimum absolute atomic E-state index is 0.0533. The van der Waals surface area contributed by atoms with Crippen molar-refractivity contribution in [2.45, 2.75) is 46.7 Å². The number of hydrogen-bond donors (Lipinski definition) is 0. The van der Waals surface area contributed by atoms with Gasteiger partial charge in [0.15, 0.2) is 5.75 Å². The molecule has 0 aliphatic carbocycles. The quantitative estimate of drug-likeness (QED) is 0.620. The van der Waals surface area contributed by atoms with Crippen molar-refractivity contribution in [1.82, 2.24) is 19.7 Å². The molecule has 0 spiro atoms. The van der Waals surface area contributed by atoms with Crippen molar-refractivity contribution in [1.29, 1.82) is 0 Å². The maximum absolute atomic E-state index is 13.1. The zero-order valence-corrected chi connectivity index (χ0v) is 18.8. The first kappa shape index (κ1) is 20.8. The summed E-state index contributed by atoms with van der Waals surface area (Å²) in [4.78, 5) is 24.0. The van der Waals surface area contributed by atoms with Crippen molar-refractivity contribution in [3.8, 4) is 22.9 Å². The van der Waals surface area contributed by atoms with Crippen LogP contribution >= 0.6 is 0 Å². The SMILES string of the molecule is CCOc1ncc(-c2cc(C)c3c(n2)CN(c2cnn(C(C)(C)C)c2)C3=O)cc1OC. The van der Waals surface area contributed by atoms with Crippen LogP contribution in [0.2, 0.25) is 0 Å². The zero-order valence-electron chi connectivity index (χ0n) is 18.8. The maximum atomic E-state index is 13.1. The number of amides is 1. The van der Waals surface area contributed by atoms with Crippen LogP contribution in [0.5, 0.6) is 11.6 Å². The molecule has 4 heterocycles. The number of nitrogens with zero attached hydrogens (tertiary/aromatic N) is 5. The number of carbonyl (C=O) groups is 1. The van der Waals surface area contributed by atoms with Gasteiger partial charge in [0, 0.05) is 18.0 Å². The summed E-state index contributed by atoms with van der Waals surface area (Å²) >= 11 is 0. The van der Waals surface area contributed by atoms with E-state index in [2.05, 4.69) is 30.9 Å². The molecule has 0 N–H and O–H groups in total. The van der Waals surface area contributed by atoms with E-state index in [1.807, 2.05) is 36.9 Å². The van der Waals surface area contributed by atoms with Gasteiger partial charge in [0.05, 0.1) is 54.6 Å². The van der Waals surface area contributed by atoms with Gasteiger partial charge in [-0.3, -0.25) is 19.4 Å². The fraction of sp³-hybridized carbons (Fsp3) is 0.391. The highest BCUT2D eigenvalue weighted by molar-refractivity contribution is 6.10. The Morgan fingerprint density at radius 1 is 1.19 bits per heavy atom. The second-order valence-corrected chi connectivity index (χ2v) is 8.52. The number of pyridine rings is 2. The van der Waals surface area contributed by atoms with Crippen LogP contribution in [0, 0.1) is 6.92 Å². The molecule has 4 rings (SSSR count). The lowest BCUT2D eigenvalue weighted by molar-refractivity contribution is 0.0996. The van der Waals surface area contributed by atoms with Crippen LogP contribution in [0.1, 0.15) is 49.3 Å². The van der Waals surface area contributed by atoms with Crippen molar-refractivity contribution in [3.63, 3.8) is 0 Å². The van der Waals surface area contributed by atoms with Gasteiger partial charge in [-0.05, 0) is 52.3 Å². The van der Waals surface area contributed by atoms with E-state index in [0.717, 1.165) is 28.2 Å². The lowest BCUT2D eigenvalue weighted by Gasteiger charge is -2.19. The van der Waals surface area contributed by atoms with E-state index in [1.54, 1.807) is 24.4 Å². The number of anilines is 1. The minimum atomic E-state index is -0.158. The van der Waals surface area contributed by atoms with Crippen molar-refractivity contribution in [2.75, 3.05) is 18.6 Å². The molecule has 162 valence electrons. The monoisotopic (exact) mass is 421 g/mol. The first-order valence-corrected chi connectivity index (χ1v) is 10.3. The number of rotatable bonds is 5. The van der Waals surface area contributed by atoms with Crippen LogP contribution in [0.4, 0.5) is 5.69 Å². The largest absolute Gasteiger partial charge is 0.491 e. The van der Waals surface area contributed by atoms with Gasteiger partial charge in [0.1, 0.15) is 0 Å². The zero-order chi connectivity index (χ0) is 22.3. The number of fused-ring (bicyclic) bond motifs is 1.